The first-order valence-corrected chi connectivity index (χ1v) is 9.53. The Bertz CT molecular complexity index is 813. The van der Waals surface area contributed by atoms with Crippen molar-refractivity contribution >= 4 is 27.7 Å². The molecule has 4 nitrogen and oxygen atoms in total. The molecule has 5 heteroatoms. The molecule has 2 aromatic rings. The number of hydrogen-bond donors (Lipinski definition) is 0. The largest absolute Gasteiger partial charge is 0.496 e. The Hall–Kier alpha value is -2.01. The Morgan fingerprint density at radius 3 is 2.58 bits per heavy atom. The number of methoxy groups -OCH3 is 1. The summed E-state index contributed by atoms with van der Waals surface area (Å²) in [6.45, 7) is 5.65. The van der Waals surface area contributed by atoms with Gasteiger partial charge in [-0.3, -0.25) is 4.90 Å². The number of carbonyl (C=O) groups is 1. The van der Waals surface area contributed by atoms with Crippen molar-refractivity contribution in [2.75, 3.05) is 12.0 Å². The van der Waals surface area contributed by atoms with E-state index >= 15 is 0 Å². The van der Waals surface area contributed by atoms with Crippen LogP contribution < -0.4 is 9.64 Å². The van der Waals surface area contributed by atoms with Gasteiger partial charge in [0.1, 0.15) is 11.4 Å². The molecule has 0 radical (unpaired) electrons. The van der Waals surface area contributed by atoms with Crippen LogP contribution in [0.25, 0.3) is 0 Å². The molecule has 1 atom stereocenters. The second kappa shape index (κ2) is 7.31. The predicted octanol–water partition coefficient (Wildman–Crippen LogP) is 5.89. The molecule has 0 fully saturated rings. The van der Waals surface area contributed by atoms with Gasteiger partial charge in [0.2, 0.25) is 0 Å². The summed E-state index contributed by atoms with van der Waals surface area (Å²) in [5.74, 6) is 0.782. The molecule has 0 saturated heterocycles. The summed E-state index contributed by atoms with van der Waals surface area (Å²) in [6.07, 6.45) is 1.33. The Kier molecular flexibility index (Phi) is 5.28. The van der Waals surface area contributed by atoms with Crippen molar-refractivity contribution in [2.24, 2.45) is 0 Å². The van der Waals surface area contributed by atoms with Crippen LogP contribution in [0.4, 0.5) is 10.5 Å². The van der Waals surface area contributed by atoms with Gasteiger partial charge in [-0.05, 0) is 57.4 Å². The molecule has 1 amide bonds. The second-order valence-electron chi connectivity index (χ2n) is 7.38. The third-order valence-corrected chi connectivity index (χ3v) is 5.16. The number of nitrogens with zero attached hydrogens (tertiary/aromatic N) is 1. The summed E-state index contributed by atoms with van der Waals surface area (Å²) in [7, 11) is 1.66. The van der Waals surface area contributed by atoms with Gasteiger partial charge in [-0.15, -0.1) is 0 Å². The minimum atomic E-state index is -0.563. The highest BCUT2D eigenvalue weighted by Crippen LogP contribution is 2.44. The van der Waals surface area contributed by atoms with Gasteiger partial charge >= 0.3 is 6.09 Å². The maximum Gasteiger partial charge on any atom is 0.415 e. The molecule has 138 valence electrons. The van der Waals surface area contributed by atoms with Crippen LogP contribution >= 0.6 is 15.9 Å². The molecule has 0 N–H and O–H groups in total. The zero-order valence-corrected chi connectivity index (χ0v) is 17.2. The summed E-state index contributed by atoms with van der Waals surface area (Å²) >= 11 is 3.62. The monoisotopic (exact) mass is 417 g/mol. The predicted molar refractivity (Wildman–Crippen MR) is 107 cm³/mol. The normalized spacial score (nSPS) is 16.8. The fourth-order valence-electron chi connectivity index (χ4n) is 3.37. The highest BCUT2D eigenvalue weighted by Gasteiger charge is 2.36. The van der Waals surface area contributed by atoms with E-state index in [1.807, 2.05) is 63.2 Å². The summed E-state index contributed by atoms with van der Waals surface area (Å²) < 4.78 is 12.3. The van der Waals surface area contributed by atoms with E-state index in [0.717, 1.165) is 39.9 Å². The van der Waals surface area contributed by atoms with Gasteiger partial charge in [0, 0.05) is 10.0 Å². The van der Waals surface area contributed by atoms with Crippen molar-refractivity contribution in [2.45, 2.75) is 45.3 Å². The van der Waals surface area contributed by atoms with Crippen LogP contribution in [0.15, 0.2) is 46.9 Å². The number of hydrogen-bond acceptors (Lipinski definition) is 3. The van der Waals surface area contributed by atoms with Gasteiger partial charge in [0.05, 0.1) is 18.8 Å². The molecule has 1 aliphatic heterocycles. The van der Waals surface area contributed by atoms with Crippen molar-refractivity contribution in [3.05, 3.63) is 58.1 Å². The number of halogens is 1. The van der Waals surface area contributed by atoms with Crippen LogP contribution in [0.3, 0.4) is 0 Å². The van der Waals surface area contributed by atoms with Crippen LogP contribution in [0.1, 0.15) is 44.4 Å². The summed E-state index contributed by atoms with van der Waals surface area (Å²) in [4.78, 5) is 14.9. The molecule has 0 spiro atoms. The molecule has 1 unspecified atom stereocenters. The van der Waals surface area contributed by atoms with Gasteiger partial charge in [0.15, 0.2) is 0 Å². The lowest BCUT2D eigenvalue weighted by Crippen LogP contribution is -2.42. The molecule has 0 aromatic heterocycles. The number of rotatable bonds is 2. The van der Waals surface area contributed by atoms with E-state index < -0.39 is 5.60 Å². The smallest absolute Gasteiger partial charge is 0.415 e. The quantitative estimate of drug-likeness (QED) is 0.611. The molecule has 26 heavy (non-hydrogen) atoms. The number of anilines is 1. The number of carbonyl (C=O) groups excluding carboxylic acids is 1. The van der Waals surface area contributed by atoms with E-state index in [2.05, 4.69) is 15.9 Å². The van der Waals surface area contributed by atoms with Crippen LogP contribution in [0.5, 0.6) is 5.75 Å². The molecule has 3 rings (SSSR count). The fourth-order valence-corrected chi connectivity index (χ4v) is 3.93. The molecule has 0 saturated carbocycles. The Labute approximate surface area is 163 Å². The zero-order valence-electron chi connectivity index (χ0n) is 15.6. The average molecular weight is 418 g/mol. The highest BCUT2D eigenvalue weighted by atomic mass is 79.9. The Morgan fingerprint density at radius 1 is 1.15 bits per heavy atom. The van der Waals surface area contributed by atoms with E-state index in [0.29, 0.717) is 0 Å². The van der Waals surface area contributed by atoms with Gasteiger partial charge in [-0.25, -0.2) is 4.79 Å². The summed E-state index contributed by atoms with van der Waals surface area (Å²) in [6, 6.07) is 13.7. The molecular weight excluding hydrogens is 394 g/mol. The van der Waals surface area contributed by atoms with Crippen molar-refractivity contribution < 1.29 is 14.3 Å². The minimum Gasteiger partial charge on any atom is -0.496 e. The number of fused-ring (bicyclic) bond motifs is 1. The SMILES string of the molecule is COc1ccccc1C1CCc2c(Br)cccc2N1C(=O)OC(C)(C)C. The maximum absolute atomic E-state index is 13.1. The second-order valence-corrected chi connectivity index (χ2v) is 8.24. The number of para-hydroxylation sites is 1. The highest BCUT2D eigenvalue weighted by molar-refractivity contribution is 9.10. The minimum absolute atomic E-state index is 0.136. The Morgan fingerprint density at radius 2 is 1.88 bits per heavy atom. The average Bonchev–Trinajstić information content (AvgIpc) is 2.59. The van der Waals surface area contributed by atoms with Gasteiger partial charge in [-0.1, -0.05) is 40.2 Å². The van der Waals surface area contributed by atoms with E-state index in [4.69, 9.17) is 9.47 Å². The van der Waals surface area contributed by atoms with Crippen molar-refractivity contribution in [1.29, 1.82) is 0 Å². The zero-order chi connectivity index (χ0) is 18.9. The van der Waals surface area contributed by atoms with E-state index in [1.54, 1.807) is 12.0 Å². The lowest BCUT2D eigenvalue weighted by Gasteiger charge is -2.39. The molecule has 0 aliphatic carbocycles. The molecule has 0 bridgehead atoms. The first-order valence-electron chi connectivity index (χ1n) is 8.74. The van der Waals surface area contributed by atoms with E-state index in [1.165, 1.54) is 0 Å². The van der Waals surface area contributed by atoms with Crippen molar-refractivity contribution in [3.63, 3.8) is 0 Å². The fraction of sp³-hybridized carbons (Fsp3) is 0.381. The lowest BCUT2D eigenvalue weighted by atomic mass is 9.91. The standard InChI is InChI=1S/C21H24BrNO3/c1-21(2,3)26-20(24)23-17-10-7-9-16(22)14(17)12-13-18(23)15-8-5-6-11-19(15)25-4/h5-11,18H,12-13H2,1-4H3. The van der Waals surface area contributed by atoms with Crippen LogP contribution in [-0.4, -0.2) is 18.8 Å². The first kappa shape index (κ1) is 18.8. The van der Waals surface area contributed by atoms with Crippen molar-refractivity contribution in [3.8, 4) is 5.75 Å². The third kappa shape index (κ3) is 3.73. The number of ether oxygens (including phenoxy) is 2. The first-order chi connectivity index (χ1) is 12.3. The number of amides is 1. The third-order valence-electron chi connectivity index (χ3n) is 4.42. The molecule has 2 aromatic carbocycles. The van der Waals surface area contributed by atoms with Gasteiger partial charge < -0.3 is 9.47 Å². The summed E-state index contributed by atoms with van der Waals surface area (Å²) in [5.41, 5.74) is 2.44. The van der Waals surface area contributed by atoms with E-state index in [9.17, 15) is 4.79 Å². The van der Waals surface area contributed by atoms with E-state index in [-0.39, 0.29) is 12.1 Å². The summed E-state index contributed by atoms with van der Waals surface area (Å²) in [5, 5.41) is 0. The van der Waals surface area contributed by atoms with Crippen molar-refractivity contribution in [1.82, 2.24) is 0 Å². The Balaban J connectivity index is 2.10. The lowest BCUT2D eigenvalue weighted by molar-refractivity contribution is 0.0559. The van der Waals surface area contributed by atoms with Gasteiger partial charge in [0.25, 0.3) is 0 Å². The molecule has 1 aliphatic rings. The molecular formula is C21H24BrNO3. The molecule has 1 heterocycles. The maximum atomic E-state index is 13.1. The van der Waals surface area contributed by atoms with Crippen LogP contribution in [0.2, 0.25) is 0 Å². The van der Waals surface area contributed by atoms with Gasteiger partial charge in [-0.2, -0.15) is 0 Å². The van der Waals surface area contributed by atoms with Crippen LogP contribution in [-0.2, 0) is 11.2 Å². The van der Waals surface area contributed by atoms with Crippen LogP contribution in [0, 0.1) is 0 Å². The number of benzene rings is 2. The topological polar surface area (TPSA) is 38.8 Å².